The summed E-state index contributed by atoms with van der Waals surface area (Å²) in [5.74, 6) is 2.87. The molecule has 8 heteroatoms. The molecule has 1 amide bonds. The molecule has 3 heterocycles. The second kappa shape index (κ2) is 6.37. The minimum absolute atomic E-state index is 0.00532. The molecule has 122 valence electrons. The van der Waals surface area contributed by atoms with Crippen LogP contribution in [0.3, 0.4) is 0 Å². The molecular formula is C15H20N6OS. The van der Waals surface area contributed by atoms with E-state index in [1.54, 1.807) is 6.20 Å². The van der Waals surface area contributed by atoms with Crippen LogP contribution in [0.4, 0.5) is 5.13 Å². The van der Waals surface area contributed by atoms with E-state index in [1.165, 1.54) is 24.2 Å². The fourth-order valence-electron chi connectivity index (χ4n) is 3.07. The molecule has 1 saturated heterocycles. The molecule has 0 radical (unpaired) electrons. The van der Waals surface area contributed by atoms with Crippen LogP contribution in [-0.2, 0) is 4.79 Å². The molecule has 2 aromatic heterocycles. The summed E-state index contributed by atoms with van der Waals surface area (Å²) in [4.78, 5) is 23.0. The van der Waals surface area contributed by atoms with Gasteiger partial charge in [0.25, 0.3) is 0 Å². The van der Waals surface area contributed by atoms with Crippen molar-refractivity contribution in [1.82, 2.24) is 25.1 Å². The van der Waals surface area contributed by atoms with Gasteiger partial charge >= 0.3 is 0 Å². The molecule has 1 unspecified atom stereocenters. The van der Waals surface area contributed by atoms with Crippen LogP contribution in [0.15, 0.2) is 11.6 Å². The van der Waals surface area contributed by atoms with Crippen molar-refractivity contribution in [2.45, 2.75) is 37.5 Å². The average Bonchev–Trinajstić information content (AvgIpc) is 3.07. The molecule has 2 N–H and O–H groups in total. The molecule has 1 aliphatic carbocycles. The fraction of sp³-hybridized carbons (Fsp3) is 0.600. The highest BCUT2D eigenvalue weighted by Gasteiger charge is 2.30. The Morgan fingerprint density at radius 1 is 1.39 bits per heavy atom. The Morgan fingerprint density at radius 2 is 2.30 bits per heavy atom. The van der Waals surface area contributed by atoms with E-state index in [-0.39, 0.29) is 5.91 Å². The Kier molecular flexibility index (Phi) is 4.09. The molecule has 0 spiro atoms. The largest absolute Gasteiger partial charge is 0.301 e. The quantitative estimate of drug-likeness (QED) is 0.874. The first kappa shape index (κ1) is 14.8. The molecular weight excluding hydrogens is 312 g/mol. The lowest BCUT2D eigenvalue weighted by molar-refractivity contribution is -0.117. The molecule has 1 saturated carbocycles. The van der Waals surface area contributed by atoms with Crippen molar-refractivity contribution in [2.75, 3.05) is 25.0 Å². The van der Waals surface area contributed by atoms with Crippen molar-refractivity contribution in [1.29, 1.82) is 0 Å². The molecule has 4 rings (SSSR count). The predicted octanol–water partition coefficient (Wildman–Crippen LogP) is 1.96. The number of likely N-dealkylation sites (tertiary alicyclic amines) is 1. The van der Waals surface area contributed by atoms with Gasteiger partial charge in [0, 0.05) is 30.0 Å². The van der Waals surface area contributed by atoms with Crippen LogP contribution in [0, 0.1) is 0 Å². The summed E-state index contributed by atoms with van der Waals surface area (Å²) in [7, 11) is 0. The zero-order valence-corrected chi connectivity index (χ0v) is 13.7. The molecule has 2 fully saturated rings. The smallest absolute Gasteiger partial charge is 0.240 e. The molecule has 2 aromatic rings. The number of hydrogen-bond donors (Lipinski definition) is 2. The first-order valence-corrected chi connectivity index (χ1v) is 9.00. The minimum atomic E-state index is -0.00532. The Morgan fingerprint density at radius 3 is 3.09 bits per heavy atom. The van der Waals surface area contributed by atoms with Gasteiger partial charge in [0.05, 0.1) is 6.54 Å². The monoisotopic (exact) mass is 332 g/mol. The maximum absolute atomic E-state index is 12.1. The molecule has 0 bridgehead atoms. The number of carbonyl (C=O) groups excluding carboxylic acids is 1. The number of nitrogens with one attached hydrogen (secondary N) is 2. The van der Waals surface area contributed by atoms with Crippen LogP contribution in [0.1, 0.15) is 49.2 Å². The first-order valence-electron chi connectivity index (χ1n) is 8.12. The lowest BCUT2D eigenvalue weighted by Gasteiger charge is -2.30. The summed E-state index contributed by atoms with van der Waals surface area (Å²) in [5, 5.41) is 12.8. The number of hydrogen-bond acceptors (Lipinski definition) is 6. The van der Waals surface area contributed by atoms with Gasteiger partial charge in [-0.15, -0.1) is 11.3 Å². The van der Waals surface area contributed by atoms with Gasteiger partial charge in [-0.2, -0.15) is 5.10 Å². The number of piperidine rings is 1. The standard InChI is InChI=1S/C15H20N6OS/c22-12(17-15-16-5-7-23-15)9-21-6-1-2-11(8-21)14-18-13(19-20-14)10-3-4-10/h5,7,10-11H,1-4,6,8-9H2,(H,16,17,22)(H,18,19,20). The van der Waals surface area contributed by atoms with Crippen LogP contribution in [-0.4, -0.2) is 50.6 Å². The zero-order chi connectivity index (χ0) is 15.6. The molecule has 7 nitrogen and oxygen atoms in total. The molecule has 1 aliphatic heterocycles. The normalized spacial score (nSPS) is 22.2. The third-order valence-corrected chi connectivity index (χ3v) is 5.09. The number of thiazole rings is 1. The van der Waals surface area contributed by atoms with Crippen molar-refractivity contribution in [2.24, 2.45) is 0 Å². The number of anilines is 1. The maximum atomic E-state index is 12.1. The lowest BCUT2D eigenvalue weighted by Crippen LogP contribution is -2.40. The second-order valence-electron chi connectivity index (χ2n) is 6.31. The highest BCUT2D eigenvalue weighted by Crippen LogP contribution is 2.38. The van der Waals surface area contributed by atoms with Gasteiger partial charge in [0.15, 0.2) is 11.0 Å². The summed E-state index contributed by atoms with van der Waals surface area (Å²) in [6.45, 7) is 2.19. The van der Waals surface area contributed by atoms with E-state index in [0.717, 1.165) is 37.6 Å². The fourth-order valence-corrected chi connectivity index (χ4v) is 3.61. The number of rotatable bonds is 5. The van der Waals surface area contributed by atoms with Gasteiger partial charge in [-0.25, -0.2) is 9.97 Å². The number of H-pyrrole nitrogens is 1. The summed E-state index contributed by atoms with van der Waals surface area (Å²) in [6.07, 6.45) is 6.30. The number of aromatic amines is 1. The van der Waals surface area contributed by atoms with E-state index in [0.29, 0.717) is 23.5 Å². The van der Waals surface area contributed by atoms with Gasteiger partial charge in [0.1, 0.15) is 5.82 Å². The van der Waals surface area contributed by atoms with Crippen LogP contribution in [0.5, 0.6) is 0 Å². The van der Waals surface area contributed by atoms with Crippen molar-refractivity contribution >= 4 is 22.4 Å². The van der Waals surface area contributed by atoms with Crippen molar-refractivity contribution < 1.29 is 4.79 Å². The van der Waals surface area contributed by atoms with Gasteiger partial charge < -0.3 is 5.32 Å². The highest BCUT2D eigenvalue weighted by atomic mass is 32.1. The van der Waals surface area contributed by atoms with Crippen LogP contribution in [0.25, 0.3) is 0 Å². The van der Waals surface area contributed by atoms with Crippen LogP contribution in [0.2, 0.25) is 0 Å². The van der Waals surface area contributed by atoms with Crippen molar-refractivity contribution in [3.05, 3.63) is 23.2 Å². The summed E-state index contributed by atoms with van der Waals surface area (Å²) in [6, 6.07) is 0. The summed E-state index contributed by atoms with van der Waals surface area (Å²) >= 11 is 1.44. The molecule has 2 aliphatic rings. The maximum Gasteiger partial charge on any atom is 0.240 e. The van der Waals surface area contributed by atoms with E-state index in [2.05, 4.69) is 30.4 Å². The van der Waals surface area contributed by atoms with E-state index >= 15 is 0 Å². The van der Waals surface area contributed by atoms with E-state index in [9.17, 15) is 4.79 Å². The van der Waals surface area contributed by atoms with Crippen molar-refractivity contribution in [3.8, 4) is 0 Å². The number of aromatic nitrogens is 4. The number of nitrogens with zero attached hydrogens (tertiary/aromatic N) is 4. The minimum Gasteiger partial charge on any atom is -0.301 e. The molecule has 1 atom stereocenters. The second-order valence-corrected chi connectivity index (χ2v) is 7.21. The number of carbonyl (C=O) groups is 1. The van der Waals surface area contributed by atoms with Crippen molar-refractivity contribution in [3.63, 3.8) is 0 Å². The topological polar surface area (TPSA) is 86.8 Å². The highest BCUT2D eigenvalue weighted by molar-refractivity contribution is 7.13. The Balaban J connectivity index is 1.33. The average molecular weight is 332 g/mol. The van der Waals surface area contributed by atoms with Gasteiger partial charge in [0.2, 0.25) is 5.91 Å². The number of amides is 1. The van der Waals surface area contributed by atoms with Gasteiger partial charge in [-0.1, -0.05) is 0 Å². The van der Waals surface area contributed by atoms with E-state index < -0.39 is 0 Å². The molecule has 0 aromatic carbocycles. The van der Waals surface area contributed by atoms with Crippen LogP contribution < -0.4 is 5.32 Å². The van der Waals surface area contributed by atoms with Gasteiger partial charge in [-0.3, -0.25) is 14.8 Å². The lowest BCUT2D eigenvalue weighted by atomic mass is 9.97. The van der Waals surface area contributed by atoms with Crippen LogP contribution >= 0.6 is 11.3 Å². The Bertz CT molecular complexity index is 665. The summed E-state index contributed by atoms with van der Waals surface area (Å²) < 4.78 is 0. The zero-order valence-electron chi connectivity index (χ0n) is 12.9. The predicted molar refractivity (Wildman–Crippen MR) is 87.5 cm³/mol. The van der Waals surface area contributed by atoms with E-state index in [1.807, 2.05) is 5.38 Å². The van der Waals surface area contributed by atoms with Gasteiger partial charge in [-0.05, 0) is 32.2 Å². The Labute approximate surface area is 138 Å². The first-order chi connectivity index (χ1) is 11.3. The van der Waals surface area contributed by atoms with E-state index in [4.69, 9.17) is 0 Å². The Hall–Kier alpha value is -1.80. The molecule has 23 heavy (non-hydrogen) atoms. The third kappa shape index (κ3) is 3.59. The third-order valence-electron chi connectivity index (χ3n) is 4.40. The summed E-state index contributed by atoms with van der Waals surface area (Å²) in [5.41, 5.74) is 0. The SMILES string of the molecule is O=C(CN1CCCC(c2n[nH]c(C3CC3)n2)C1)Nc1nccs1.